The van der Waals surface area contributed by atoms with Gasteiger partial charge in [-0.15, -0.1) is 0 Å². The van der Waals surface area contributed by atoms with Crippen molar-refractivity contribution in [3.05, 3.63) is 69.7 Å². The van der Waals surface area contributed by atoms with Crippen molar-refractivity contribution in [2.45, 2.75) is 18.9 Å². The van der Waals surface area contributed by atoms with E-state index in [-0.39, 0.29) is 17.5 Å². The Bertz CT molecular complexity index is 757. The van der Waals surface area contributed by atoms with E-state index in [0.717, 1.165) is 12.0 Å². The van der Waals surface area contributed by atoms with Crippen LogP contribution in [0.3, 0.4) is 0 Å². The van der Waals surface area contributed by atoms with E-state index >= 15 is 0 Å². The highest BCUT2D eigenvalue weighted by Gasteiger charge is 2.29. The van der Waals surface area contributed by atoms with Crippen molar-refractivity contribution in [1.82, 2.24) is 5.32 Å². The van der Waals surface area contributed by atoms with E-state index in [1.807, 2.05) is 6.07 Å². The minimum Gasteiger partial charge on any atom is -0.478 e. The monoisotopic (exact) mass is 315 g/mol. The Hall–Kier alpha value is -2.33. The van der Waals surface area contributed by atoms with E-state index < -0.39 is 5.97 Å². The van der Waals surface area contributed by atoms with Gasteiger partial charge in [-0.05, 0) is 42.2 Å². The number of halogens is 1. The minimum absolute atomic E-state index is 0.249. The summed E-state index contributed by atoms with van der Waals surface area (Å²) in [5.41, 5.74) is 2.32. The fraction of sp³-hybridized carbons (Fsp3) is 0.176. The van der Waals surface area contributed by atoms with Gasteiger partial charge in [0.25, 0.3) is 5.91 Å². The Morgan fingerprint density at radius 2 is 1.82 bits per heavy atom. The van der Waals surface area contributed by atoms with Crippen LogP contribution >= 0.6 is 11.6 Å². The molecule has 0 unspecified atom stereocenters. The van der Waals surface area contributed by atoms with Crippen molar-refractivity contribution < 1.29 is 14.7 Å². The van der Waals surface area contributed by atoms with Gasteiger partial charge in [-0.25, -0.2) is 4.79 Å². The summed E-state index contributed by atoms with van der Waals surface area (Å²) in [5.74, 6) is -1.26. The summed E-state index contributed by atoms with van der Waals surface area (Å²) in [6, 6.07) is 11.7. The number of hydrogen-bond donors (Lipinski definition) is 2. The number of rotatable bonds is 3. The lowest BCUT2D eigenvalue weighted by atomic mass is 10.0. The van der Waals surface area contributed by atoms with Gasteiger partial charge in [0, 0.05) is 0 Å². The third-order valence-electron chi connectivity index (χ3n) is 3.90. The molecular formula is C17H14ClNO3. The molecule has 1 atom stereocenters. The van der Waals surface area contributed by atoms with Crippen LogP contribution in [0, 0.1) is 0 Å². The molecule has 0 radical (unpaired) electrons. The fourth-order valence-corrected chi connectivity index (χ4v) is 3.12. The van der Waals surface area contributed by atoms with E-state index in [4.69, 9.17) is 11.6 Å². The zero-order valence-electron chi connectivity index (χ0n) is 11.7. The quantitative estimate of drug-likeness (QED) is 0.911. The summed E-state index contributed by atoms with van der Waals surface area (Å²) in [6.45, 7) is 0. The van der Waals surface area contributed by atoms with Crippen LogP contribution in [-0.2, 0) is 6.42 Å². The lowest BCUT2D eigenvalue weighted by Crippen LogP contribution is -2.28. The van der Waals surface area contributed by atoms with Crippen LogP contribution in [0.2, 0.25) is 5.02 Å². The molecule has 0 bridgehead atoms. The average molecular weight is 316 g/mol. The topological polar surface area (TPSA) is 66.4 Å². The van der Waals surface area contributed by atoms with Gasteiger partial charge in [0.05, 0.1) is 22.2 Å². The Balaban J connectivity index is 1.90. The molecule has 1 aliphatic rings. The van der Waals surface area contributed by atoms with Crippen LogP contribution in [0.5, 0.6) is 0 Å². The molecule has 0 fully saturated rings. The van der Waals surface area contributed by atoms with Crippen LogP contribution in [0.4, 0.5) is 0 Å². The number of benzene rings is 2. The first-order valence-corrected chi connectivity index (χ1v) is 7.36. The van der Waals surface area contributed by atoms with Crippen molar-refractivity contribution in [1.29, 1.82) is 0 Å². The number of nitrogens with one attached hydrogen (secondary N) is 1. The Morgan fingerprint density at radius 3 is 2.55 bits per heavy atom. The number of hydrogen-bond acceptors (Lipinski definition) is 2. The molecule has 3 rings (SSSR count). The highest BCUT2D eigenvalue weighted by molar-refractivity contribution is 6.33. The fourth-order valence-electron chi connectivity index (χ4n) is 2.90. The van der Waals surface area contributed by atoms with Crippen LogP contribution in [0.1, 0.15) is 44.3 Å². The standard InChI is InChI=1S/C17H14ClNO3/c18-13-7-2-1-5-11(13)16(20)19-14-9-8-10-4-3-6-12(15(10)14)17(21)22/h1-7,14H,8-9H2,(H,19,20)(H,21,22)/t14-/m0/s1. The molecule has 2 N–H and O–H groups in total. The van der Waals surface area contributed by atoms with Gasteiger partial charge in [-0.2, -0.15) is 0 Å². The number of carboxylic acid groups (broad SMARTS) is 1. The van der Waals surface area contributed by atoms with E-state index in [1.165, 1.54) is 0 Å². The third-order valence-corrected chi connectivity index (χ3v) is 4.23. The first-order chi connectivity index (χ1) is 10.6. The first kappa shape index (κ1) is 14.6. The molecule has 4 nitrogen and oxygen atoms in total. The molecule has 2 aromatic carbocycles. The molecule has 5 heteroatoms. The number of fused-ring (bicyclic) bond motifs is 1. The zero-order chi connectivity index (χ0) is 15.7. The lowest BCUT2D eigenvalue weighted by molar-refractivity contribution is 0.0693. The summed E-state index contributed by atoms with van der Waals surface area (Å²) in [4.78, 5) is 23.8. The van der Waals surface area contributed by atoms with Gasteiger partial charge in [0.2, 0.25) is 0 Å². The van der Waals surface area contributed by atoms with E-state index in [2.05, 4.69) is 5.32 Å². The smallest absolute Gasteiger partial charge is 0.336 e. The number of carboxylic acids is 1. The molecule has 0 saturated carbocycles. The van der Waals surface area contributed by atoms with Crippen molar-refractivity contribution in [3.63, 3.8) is 0 Å². The van der Waals surface area contributed by atoms with Crippen molar-refractivity contribution in [2.24, 2.45) is 0 Å². The Kier molecular flexibility index (Phi) is 3.86. The second kappa shape index (κ2) is 5.81. The van der Waals surface area contributed by atoms with Crippen LogP contribution in [-0.4, -0.2) is 17.0 Å². The van der Waals surface area contributed by atoms with E-state index in [9.17, 15) is 14.7 Å². The molecule has 0 aromatic heterocycles. The van der Waals surface area contributed by atoms with Gasteiger partial charge in [-0.3, -0.25) is 4.79 Å². The minimum atomic E-state index is -0.976. The van der Waals surface area contributed by atoms with Crippen LogP contribution in [0.15, 0.2) is 42.5 Å². The maximum Gasteiger partial charge on any atom is 0.336 e. The van der Waals surface area contributed by atoms with Crippen LogP contribution in [0.25, 0.3) is 0 Å². The van der Waals surface area contributed by atoms with Gasteiger partial charge in [0.1, 0.15) is 0 Å². The third kappa shape index (κ3) is 2.57. The predicted molar refractivity (Wildman–Crippen MR) is 83.4 cm³/mol. The normalized spacial score (nSPS) is 16.1. The first-order valence-electron chi connectivity index (χ1n) is 6.98. The molecule has 22 heavy (non-hydrogen) atoms. The Morgan fingerprint density at radius 1 is 1.09 bits per heavy atom. The SMILES string of the molecule is O=C(N[C@H]1CCc2cccc(C(=O)O)c21)c1ccccc1Cl. The average Bonchev–Trinajstić information content (AvgIpc) is 2.90. The molecule has 112 valence electrons. The van der Waals surface area contributed by atoms with Gasteiger partial charge >= 0.3 is 5.97 Å². The maximum absolute atomic E-state index is 12.4. The number of aromatic carboxylic acids is 1. The number of carbonyl (C=O) groups excluding carboxylic acids is 1. The molecule has 0 spiro atoms. The molecule has 0 saturated heterocycles. The summed E-state index contributed by atoms with van der Waals surface area (Å²) < 4.78 is 0. The van der Waals surface area contributed by atoms with E-state index in [0.29, 0.717) is 22.6 Å². The molecule has 0 heterocycles. The zero-order valence-corrected chi connectivity index (χ0v) is 12.4. The predicted octanol–water partition coefficient (Wildman–Crippen LogP) is 3.46. The van der Waals surface area contributed by atoms with Crippen molar-refractivity contribution in [3.8, 4) is 0 Å². The second-order valence-corrected chi connectivity index (χ2v) is 5.64. The highest BCUT2D eigenvalue weighted by atomic mass is 35.5. The molecule has 2 aromatic rings. The summed E-state index contributed by atoms with van der Waals surface area (Å²) >= 11 is 6.03. The van der Waals surface area contributed by atoms with Crippen LogP contribution < -0.4 is 5.32 Å². The number of aryl methyl sites for hydroxylation is 1. The maximum atomic E-state index is 12.4. The Labute approximate surface area is 132 Å². The van der Waals surface area contributed by atoms with Gasteiger partial charge < -0.3 is 10.4 Å². The summed E-state index contributed by atoms with van der Waals surface area (Å²) in [7, 11) is 0. The summed E-state index contributed by atoms with van der Waals surface area (Å²) in [6.07, 6.45) is 1.44. The highest BCUT2D eigenvalue weighted by Crippen LogP contribution is 2.34. The molecular weight excluding hydrogens is 302 g/mol. The number of amides is 1. The van der Waals surface area contributed by atoms with Gasteiger partial charge in [0.15, 0.2) is 0 Å². The van der Waals surface area contributed by atoms with Crippen molar-refractivity contribution >= 4 is 23.5 Å². The number of carbonyl (C=O) groups is 2. The summed E-state index contributed by atoms with van der Waals surface area (Å²) in [5, 5.41) is 12.6. The van der Waals surface area contributed by atoms with Gasteiger partial charge in [-0.1, -0.05) is 35.9 Å². The molecule has 0 aliphatic heterocycles. The molecule has 1 aliphatic carbocycles. The largest absolute Gasteiger partial charge is 0.478 e. The molecule has 1 amide bonds. The lowest BCUT2D eigenvalue weighted by Gasteiger charge is -2.16. The van der Waals surface area contributed by atoms with Crippen molar-refractivity contribution in [2.75, 3.05) is 0 Å². The second-order valence-electron chi connectivity index (χ2n) is 5.23. The van der Waals surface area contributed by atoms with E-state index in [1.54, 1.807) is 36.4 Å².